The van der Waals surface area contributed by atoms with Crippen LogP contribution in [0.1, 0.15) is 66.9 Å². The van der Waals surface area contributed by atoms with E-state index in [9.17, 15) is 31.5 Å². The minimum Gasteiger partial charge on any atom is -0.378 e. The smallest absolute Gasteiger partial charge is 0.378 e. The Bertz CT molecular complexity index is 1570. The number of alkyl halides is 5. The quantitative estimate of drug-likeness (QED) is 0.354. The van der Waals surface area contributed by atoms with Crippen LogP contribution in [0.15, 0.2) is 24.5 Å². The second-order valence-electron chi connectivity index (χ2n) is 12.4. The Morgan fingerprint density at radius 3 is 2.76 bits per heavy atom. The zero-order chi connectivity index (χ0) is 32.6. The lowest BCUT2D eigenvalue weighted by molar-refractivity contribution is -0.183. The van der Waals surface area contributed by atoms with Gasteiger partial charge in [-0.1, -0.05) is 0 Å². The molecular formula is C30H37F5N8O3. The van der Waals surface area contributed by atoms with Crippen LogP contribution in [0.3, 0.4) is 0 Å². The number of rotatable bonds is 8. The maximum absolute atomic E-state index is 14.6. The van der Waals surface area contributed by atoms with Crippen LogP contribution in [0.25, 0.3) is 5.65 Å². The van der Waals surface area contributed by atoms with Gasteiger partial charge in [-0.25, -0.2) is 18.3 Å². The molecule has 0 radical (unpaired) electrons. The number of aryl methyl sites for hydroxylation is 1. The van der Waals surface area contributed by atoms with Gasteiger partial charge in [0, 0.05) is 63.6 Å². The summed E-state index contributed by atoms with van der Waals surface area (Å²) in [6.07, 6.45) is -1.68. The molecule has 3 aromatic heterocycles. The van der Waals surface area contributed by atoms with E-state index in [2.05, 4.69) is 15.7 Å². The number of carbonyl (C=O) groups is 2. The molecule has 46 heavy (non-hydrogen) atoms. The van der Waals surface area contributed by atoms with Gasteiger partial charge in [-0.15, -0.1) is 0 Å². The van der Waals surface area contributed by atoms with Crippen molar-refractivity contribution in [3.63, 3.8) is 0 Å². The highest BCUT2D eigenvalue weighted by molar-refractivity contribution is 5.92. The first-order valence-corrected chi connectivity index (χ1v) is 15.7. The Kier molecular flexibility index (Phi) is 8.91. The molecule has 1 aliphatic carbocycles. The van der Waals surface area contributed by atoms with Gasteiger partial charge < -0.3 is 20.3 Å². The minimum atomic E-state index is -4.44. The monoisotopic (exact) mass is 652 g/mol. The number of aromatic nitrogens is 5. The Morgan fingerprint density at radius 1 is 1.26 bits per heavy atom. The number of piperidine rings is 1. The molecule has 16 heteroatoms. The van der Waals surface area contributed by atoms with Crippen LogP contribution < -0.4 is 15.5 Å². The molecule has 250 valence electrons. The Morgan fingerprint density at radius 2 is 2.04 bits per heavy atom. The Balaban J connectivity index is 1.37. The van der Waals surface area contributed by atoms with E-state index in [1.165, 1.54) is 15.4 Å². The first kappa shape index (κ1) is 32.1. The molecule has 1 saturated carbocycles. The van der Waals surface area contributed by atoms with Crippen LogP contribution in [0.2, 0.25) is 0 Å². The maximum atomic E-state index is 14.6. The number of ether oxygens (including phenoxy) is 1. The van der Waals surface area contributed by atoms with Gasteiger partial charge in [0.1, 0.15) is 5.69 Å². The first-order valence-electron chi connectivity index (χ1n) is 15.7. The molecule has 5 heterocycles. The maximum Gasteiger partial charge on any atom is 0.393 e. The molecule has 2 N–H and O–H groups in total. The van der Waals surface area contributed by atoms with E-state index in [0.717, 1.165) is 0 Å². The number of morpholine rings is 1. The second kappa shape index (κ2) is 12.8. The fourth-order valence-electron chi connectivity index (χ4n) is 6.82. The molecule has 3 aromatic rings. The normalized spacial score (nSPS) is 24.5. The molecule has 0 unspecified atom stereocenters. The van der Waals surface area contributed by atoms with Crippen molar-refractivity contribution in [1.29, 1.82) is 0 Å². The van der Waals surface area contributed by atoms with Gasteiger partial charge in [-0.2, -0.15) is 23.4 Å². The highest BCUT2D eigenvalue weighted by atomic mass is 19.4. The topological polar surface area (TPSA) is 119 Å². The van der Waals surface area contributed by atoms with Crippen molar-refractivity contribution in [2.75, 3.05) is 37.7 Å². The summed E-state index contributed by atoms with van der Waals surface area (Å²) in [7, 11) is 0. The van der Waals surface area contributed by atoms with E-state index in [1.807, 2.05) is 11.8 Å². The molecule has 2 aliphatic heterocycles. The van der Waals surface area contributed by atoms with Gasteiger partial charge in [-0.05, 0) is 38.2 Å². The third kappa shape index (κ3) is 6.81. The summed E-state index contributed by atoms with van der Waals surface area (Å²) in [6.45, 7) is 3.68. The first-order chi connectivity index (χ1) is 21.9. The molecule has 3 aliphatic rings. The zero-order valence-electron chi connectivity index (χ0n) is 25.4. The second-order valence-corrected chi connectivity index (χ2v) is 12.4. The number of imidazole rings is 1. The number of hydrogen-bond donors (Lipinski definition) is 2. The average molecular weight is 653 g/mol. The summed E-state index contributed by atoms with van der Waals surface area (Å²) in [6, 6.07) is 2.44. The van der Waals surface area contributed by atoms with Gasteiger partial charge in [0.2, 0.25) is 11.8 Å². The molecule has 4 atom stereocenters. The number of nitrogens with zero attached hydrogens (tertiary/aromatic N) is 6. The molecule has 2 saturated heterocycles. The molecular weight excluding hydrogens is 615 g/mol. The largest absolute Gasteiger partial charge is 0.393 e. The predicted molar refractivity (Wildman–Crippen MR) is 155 cm³/mol. The van der Waals surface area contributed by atoms with Crippen molar-refractivity contribution < 1.29 is 36.3 Å². The summed E-state index contributed by atoms with van der Waals surface area (Å²) in [5, 5.41) is 14.2. The lowest BCUT2D eigenvalue weighted by Gasteiger charge is -2.34. The number of amides is 2. The molecule has 0 bridgehead atoms. The number of fused-ring (bicyclic) bond motifs is 1. The van der Waals surface area contributed by atoms with Gasteiger partial charge in [-0.3, -0.25) is 14.3 Å². The van der Waals surface area contributed by atoms with E-state index < -0.39 is 60.7 Å². The van der Waals surface area contributed by atoms with Crippen molar-refractivity contribution in [2.45, 2.75) is 70.1 Å². The lowest BCUT2D eigenvalue weighted by Crippen LogP contribution is -2.47. The van der Waals surface area contributed by atoms with Crippen LogP contribution in [0, 0.1) is 17.8 Å². The third-order valence-electron chi connectivity index (χ3n) is 9.24. The standard InChI is InChI=1S/C30H37F5N8O3/c1-2-42-23(5-7-37-42)28(45)39-26(18-4-3-6-29(31,32)15-18)22-17-43-25(38-22)14-24(41-8-10-46-11-9-41)21(40-43)13-19-12-20(30(33,34)35)16-36-27(19)44/h5,7,14,17-20,26H,2-4,6,8-13,15-16H2,1H3,(H,36,44)(H,39,45)/t18-,19+,20+,26-/m0/s1. The van der Waals surface area contributed by atoms with Gasteiger partial charge in [0.15, 0.2) is 5.65 Å². The molecule has 2 amide bonds. The summed E-state index contributed by atoms with van der Waals surface area (Å²) in [5.74, 6) is -7.05. The Hall–Kier alpha value is -3.82. The van der Waals surface area contributed by atoms with Crippen molar-refractivity contribution in [1.82, 2.24) is 35.0 Å². The number of halogens is 5. The van der Waals surface area contributed by atoms with Gasteiger partial charge in [0.05, 0.1) is 48.4 Å². The van der Waals surface area contributed by atoms with Gasteiger partial charge in [0.25, 0.3) is 5.91 Å². The van der Waals surface area contributed by atoms with Crippen molar-refractivity contribution in [3.8, 4) is 0 Å². The van der Waals surface area contributed by atoms with E-state index in [4.69, 9.17) is 14.8 Å². The van der Waals surface area contributed by atoms with E-state index in [0.29, 0.717) is 62.0 Å². The van der Waals surface area contributed by atoms with Crippen LogP contribution in [0.4, 0.5) is 27.6 Å². The van der Waals surface area contributed by atoms with E-state index in [-0.39, 0.29) is 31.4 Å². The number of hydrogen-bond acceptors (Lipinski definition) is 7. The Labute approximate surface area is 261 Å². The lowest BCUT2D eigenvalue weighted by atomic mass is 9.80. The number of nitrogens with one attached hydrogen (secondary N) is 2. The summed E-state index contributed by atoms with van der Waals surface area (Å²) < 4.78 is 78.5. The molecule has 0 spiro atoms. The van der Waals surface area contributed by atoms with E-state index in [1.54, 1.807) is 18.3 Å². The minimum absolute atomic E-state index is 0.0371. The fraction of sp³-hybridized carbons (Fsp3) is 0.633. The van der Waals surface area contributed by atoms with Crippen molar-refractivity contribution >= 4 is 23.1 Å². The summed E-state index contributed by atoms with van der Waals surface area (Å²) >= 11 is 0. The van der Waals surface area contributed by atoms with Crippen LogP contribution >= 0.6 is 0 Å². The average Bonchev–Trinajstić information content (AvgIpc) is 3.67. The molecule has 3 fully saturated rings. The van der Waals surface area contributed by atoms with Crippen LogP contribution in [-0.2, 0) is 22.5 Å². The summed E-state index contributed by atoms with van der Waals surface area (Å²) in [5.41, 5.74) is 2.03. The highest BCUT2D eigenvalue weighted by Crippen LogP contribution is 2.42. The highest BCUT2D eigenvalue weighted by Gasteiger charge is 2.45. The number of carbonyl (C=O) groups excluding carboxylic acids is 2. The molecule has 6 rings (SSSR count). The third-order valence-corrected chi connectivity index (χ3v) is 9.24. The summed E-state index contributed by atoms with van der Waals surface area (Å²) in [4.78, 5) is 32.9. The molecule has 0 aromatic carbocycles. The SMILES string of the molecule is CCn1nccc1C(=O)N[C@H](c1cn2nc(C[C@H]3C[C@@H](C(F)(F)F)CNC3=O)c(N3CCOCC3)cc2n1)[C@H]1CCCC(F)(F)C1. The predicted octanol–water partition coefficient (Wildman–Crippen LogP) is 3.94. The van der Waals surface area contributed by atoms with Crippen molar-refractivity contribution in [2.24, 2.45) is 17.8 Å². The van der Waals surface area contributed by atoms with E-state index >= 15 is 0 Å². The van der Waals surface area contributed by atoms with Crippen LogP contribution in [0.5, 0.6) is 0 Å². The van der Waals surface area contributed by atoms with Crippen LogP contribution in [-0.4, -0.2) is 81.1 Å². The zero-order valence-corrected chi connectivity index (χ0v) is 25.4. The molecule has 11 nitrogen and oxygen atoms in total. The van der Waals surface area contributed by atoms with Crippen molar-refractivity contribution in [3.05, 3.63) is 41.6 Å². The van der Waals surface area contributed by atoms with Gasteiger partial charge >= 0.3 is 6.18 Å². The number of anilines is 1. The fourth-order valence-corrected chi connectivity index (χ4v) is 6.82.